The molecule has 0 heterocycles. The van der Waals surface area contributed by atoms with Crippen LogP contribution in [0.15, 0.2) is 24.3 Å². The fraction of sp³-hybridized carbons (Fsp3) is 0.200. The van der Waals surface area contributed by atoms with Crippen molar-refractivity contribution >= 4 is 18.1 Å². The first-order valence-corrected chi connectivity index (χ1v) is 4.26. The van der Waals surface area contributed by atoms with Crippen molar-refractivity contribution in [3.8, 4) is 5.75 Å². The van der Waals surface area contributed by atoms with Gasteiger partial charge in [0.1, 0.15) is 5.75 Å². The zero-order valence-electron chi connectivity index (χ0n) is 8.23. The van der Waals surface area contributed by atoms with Gasteiger partial charge in [-0.25, -0.2) is 4.79 Å². The Morgan fingerprint density at radius 3 is 2.60 bits per heavy atom. The molecule has 0 bridgehead atoms. The van der Waals surface area contributed by atoms with Crippen LogP contribution in [-0.4, -0.2) is 26.1 Å². The molecule has 0 aromatic heterocycles. The molecule has 1 N–H and O–H groups in total. The molecule has 0 spiro atoms. The number of rotatable bonds is 5. The summed E-state index contributed by atoms with van der Waals surface area (Å²) in [5.41, 5.74) is 0.662. The standard InChI is InChI=1S/C10H11NO4/c1-14-10(13)6-15-9-4-2-8(3-5-9)11-7-12/h2-5,7H,6H2,1H3,(H,11,12). The minimum atomic E-state index is -0.440. The highest BCUT2D eigenvalue weighted by Gasteiger charge is 2.01. The van der Waals surface area contributed by atoms with Gasteiger partial charge in [0.15, 0.2) is 6.61 Å². The SMILES string of the molecule is COC(=O)COc1ccc(NC=O)cc1. The van der Waals surface area contributed by atoms with Gasteiger partial charge in [-0.05, 0) is 24.3 Å². The maximum Gasteiger partial charge on any atom is 0.343 e. The van der Waals surface area contributed by atoms with Crippen LogP contribution in [0, 0.1) is 0 Å². The molecule has 5 nitrogen and oxygen atoms in total. The van der Waals surface area contributed by atoms with Crippen molar-refractivity contribution in [2.24, 2.45) is 0 Å². The van der Waals surface area contributed by atoms with E-state index in [1.54, 1.807) is 24.3 Å². The lowest BCUT2D eigenvalue weighted by atomic mass is 10.3. The van der Waals surface area contributed by atoms with Gasteiger partial charge in [0.05, 0.1) is 7.11 Å². The highest BCUT2D eigenvalue weighted by Crippen LogP contribution is 2.14. The summed E-state index contributed by atoms with van der Waals surface area (Å²) >= 11 is 0. The van der Waals surface area contributed by atoms with Crippen LogP contribution in [0.4, 0.5) is 5.69 Å². The molecule has 1 rings (SSSR count). The second kappa shape index (κ2) is 5.64. The van der Waals surface area contributed by atoms with E-state index in [1.807, 2.05) is 0 Å². The average molecular weight is 209 g/mol. The van der Waals surface area contributed by atoms with Crippen molar-refractivity contribution in [2.45, 2.75) is 0 Å². The highest BCUT2D eigenvalue weighted by molar-refractivity contribution is 5.72. The molecule has 0 unspecified atom stereocenters. The fourth-order valence-electron chi connectivity index (χ4n) is 0.917. The lowest BCUT2D eigenvalue weighted by Gasteiger charge is -2.05. The Morgan fingerprint density at radius 2 is 2.07 bits per heavy atom. The summed E-state index contributed by atoms with van der Waals surface area (Å²) in [5, 5.41) is 2.48. The molecule has 0 atom stereocenters. The largest absolute Gasteiger partial charge is 0.482 e. The van der Waals surface area contributed by atoms with Gasteiger partial charge >= 0.3 is 5.97 Å². The van der Waals surface area contributed by atoms with Gasteiger partial charge in [-0.3, -0.25) is 4.79 Å². The monoisotopic (exact) mass is 209 g/mol. The molecule has 0 aliphatic rings. The predicted molar refractivity (Wildman–Crippen MR) is 53.6 cm³/mol. The average Bonchev–Trinajstić information content (AvgIpc) is 2.28. The Labute approximate surface area is 87.0 Å². The third kappa shape index (κ3) is 3.68. The number of nitrogens with one attached hydrogen (secondary N) is 1. The number of carbonyl (C=O) groups is 2. The van der Waals surface area contributed by atoms with Crippen LogP contribution in [-0.2, 0) is 14.3 Å². The number of anilines is 1. The molecule has 80 valence electrons. The maximum absolute atomic E-state index is 10.7. The van der Waals surface area contributed by atoms with Crippen molar-refractivity contribution in [3.05, 3.63) is 24.3 Å². The first-order valence-electron chi connectivity index (χ1n) is 4.26. The molecular formula is C10H11NO4. The lowest BCUT2D eigenvalue weighted by molar-refractivity contribution is -0.142. The van der Waals surface area contributed by atoms with E-state index in [0.29, 0.717) is 17.8 Å². The molecule has 1 aromatic carbocycles. The van der Waals surface area contributed by atoms with Crippen LogP contribution in [0.1, 0.15) is 0 Å². The Hall–Kier alpha value is -2.04. The van der Waals surface area contributed by atoms with E-state index in [0.717, 1.165) is 0 Å². The van der Waals surface area contributed by atoms with Gasteiger partial charge in [-0.2, -0.15) is 0 Å². The predicted octanol–water partition coefficient (Wildman–Crippen LogP) is 0.807. The maximum atomic E-state index is 10.7. The number of amides is 1. The summed E-state index contributed by atoms with van der Waals surface area (Å²) in [6, 6.07) is 6.63. The molecular weight excluding hydrogens is 198 g/mol. The topological polar surface area (TPSA) is 64.6 Å². The fourth-order valence-corrected chi connectivity index (χ4v) is 0.917. The van der Waals surface area contributed by atoms with Gasteiger partial charge in [-0.15, -0.1) is 0 Å². The van der Waals surface area contributed by atoms with E-state index in [2.05, 4.69) is 10.1 Å². The summed E-state index contributed by atoms with van der Waals surface area (Å²) < 4.78 is 9.51. The van der Waals surface area contributed by atoms with E-state index in [4.69, 9.17) is 4.74 Å². The van der Waals surface area contributed by atoms with E-state index < -0.39 is 5.97 Å². The van der Waals surface area contributed by atoms with Crippen LogP contribution < -0.4 is 10.1 Å². The molecule has 5 heteroatoms. The molecule has 0 fully saturated rings. The van der Waals surface area contributed by atoms with Gasteiger partial charge in [0.2, 0.25) is 6.41 Å². The van der Waals surface area contributed by atoms with E-state index in [9.17, 15) is 9.59 Å². The Bertz CT molecular complexity index is 334. The van der Waals surface area contributed by atoms with Crippen molar-refractivity contribution in [2.75, 3.05) is 19.0 Å². The van der Waals surface area contributed by atoms with Crippen LogP contribution in [0.2, 0.25) is 0 Å². The van der Waals surface area contributed by atoms with Gasteiger partial charge in [-0.1, -0.05) is 0 Å². The smallest absolute Gasteiger partial charge is 0.343 e. The zero-order chi connectivity index (χ0) is 11.1. The molecule has 0 aliphatic heterocycles. The third-order valence-corrected chi connectivity index (χ3v) is 1.66. The van der Waals surface area contributed by atoms with Gasteiger partial charge < -0.3 is 14.8 Å². The molecule has 0 saturated carbocycles. The van der Waals surface area contributed by atoms with Crippen molar-refractivity contribution in [3.63, 3.8) is 0 Å². The van der Waals surface area contributed by atoms with Crippen molar-refractivity contribution in [1.82, 2.24) is 0 Å². The first-order chi connectivity index (χ1) is 7.26. The van der Waals surface area contributed by atoms with E-state index in [-0.39, 0.29) is 6.61 Å². The summed E-state index contributed by atoms with van der Waals surface area (Å²) in [5.74, 6) is 0.0990. The number of benzene rings is 1. The zero-order valence-corrected chi connectivity index (χ0v) is 8.23. The van der Waals surface area contributed by atoms with Crippen LogP contribution in [0.5, 0.6) is 5.75 Å². The van der Waals surface area contributed by atoms with Crippen molar-refractivity contribution < 1.29 is 19.1 Å². The molecule has 0 saturated heterocycles. The quantitative estimate of drug-likeness (QED) is 0.575. The van der Waals surface area contributed by atoms with Crippen LogP contribution >= 0.6 is 0 Å². The minimum Gasteiger partial charge on any atom is -0.482 e. The van der Waals surface area contributed by atoms with Crippen molar-refractivity contribution in [1.29, 1.82) is 0 Å². The van der Waals surface area contributed by atoms with Gasteiger partial charge in [0, 0.05) is 5.69 Å². The Kier molecular flexibility index (Phi) is 4.15. The Morgan fingerprint density at radius 1 is 1.40 bits per heavy atom. The van der Waals surface area contributed by atoms with Crippen LogP contribution in [0.3, 0.4) is 0 Å². The molecule has 1 amide bonds. The first kappa shape index (κ1) is 11.0. The normalized spacial score (nSPS) is 9.13. The minimum absolute atomic E-state index is 0.128. The number of ether oxygens (including phenoxy) is 2. The van der Waals surface area contributed by atoms with E-state index in [1.165, 1.54) is 7.11 Å². The number of hydrogen-bond donors (Lipinski definition) is 1. The number of hydrogen-bond acceptors (Lipinski definition) is 4. The summed E-state index contributed by atoms with van der Waals surface area (Å²) in [4.78, 5) is 20.9. The summed E-state index contributed by atoms with van der Waals surface area (Å²) in [6.45, 7) is -0.128. The summed E-state index contributed by atoms with van der Waals surface area (Å²) in [6.07, 6.45) is 0.588. The van der Waals surface area contributed by atoms with Gasteiger partial charge in [0.25, 0.3) is 0 Å². The summed E-state index contributed by atoms with van der Waals surface area (Å²) in [7, 11) is 1.29. The highest BCUT2D eigenvalue weighted by atomic mass is 16.6. The molecule has 0 aliphatic carbocycles. The number of carbonyl (C=O) groups excluding carboxylic acids is 2. The number of esters is 1. The van der Waals surface area contributed by atoms with Crippen LogP contribution in [0.25, 0.3) is 0 Å². The second-order valence-electron chi connectivity index (χ2n) is 2.65. The molecule has 0 radical (unpaired) electrons. The molecule has 15 heavy (non-hydrogen) atoms. The third-order valence-electron chi connectivity index (χ3n) is 1.66. The number of methoxy groups -OCH3 is 1. The second-order valence-corrected chi connectivity index (χ2v) is 2.65. The Balaban J connectivity index is 2.49. The van der Waals surface area contributed by atoms with E-state index >= 15 is 0 Å². The molecule has 1 aromatic rings. The lowest BCUT2D eigenvalue weighted by Crippen LogP contribution is -2.12.